The number of fused-ring (bicyclic) bond motifs is 2. The number of para-hydroxylation sites is 2. The zero-order chi connectivity index (χ0) is 27.2. The number of amides is 1. The van der Waals surface area contributed by atoms with E-state index in [1.807, 2.05) is 42.5 Å². The first-order valence-electron chi connectivity index (χ1n) is 13.5. The Morgan fingerprint density at radius 3 is 2.48 bits per heavy atom. The van der Waals surface area contributed by atoms with Crippen LogP contribution in [0.4, 0.5) is 10.1 Å². The number of piperazine rings is 1. The van der Waals surface area contributed by atoms with Crippen molar-refractivity contribution in [2.24, 2.45) is 0 Å². The highest BCUT2D eigenvalue weighted by atomic mass is 19.1. The van der Waals surface area contributed by atoms with E-state index in [1.165, 1.54) is 23.9 Å². The Kier molecular flexibility index (Phi) is 5.97. The number of carbonyl (C=O) groups is 1. The van der Waals surface area contributed by atoms with Crippen molar-refractivity contribution in [1.29, 1.82) is 0 Å². The van der Waals surface area contributed by atoms with E-state index >= 15 is 0 Å². The fourth-order valence-electron chi connectivity index (χ4n) is 5.81. The van der Waals surface area contributed by atoms with Crippen LogP contribution in [0.1, 0.15) is 33.4 Å². The molecule has 200 valence electrons. The molecule has 7 rings (SSSR count). The number of benzene rings is 4. The van der Waals surface area contributed by atoms with Gasteiger partial charge >= 0.3 is 0 Å². The highest BCUT2D eigenvalue weighted by molar-refractivity contribution is 6.00. The lowest BCUT2D eigenvalue weighted by Crippen LogP contribution is -2.43. The summed E-state index contributed by atoms with van der Waals surface area (Å²) in [5.41, 5.74) is 6.47. The summed E-state index contributed by atoms with van der Waals surface area (Å²) in [7, 11) is 0. The number of nitrogens with zero attached hydrogens (tertiary/aromatic N) is 3. The Balaban J connectivity index is 1.24. The van der Waals surface area contributed by atoms with E-state index in [0.717, 1.165) is 53.9 Å². The van der Waals surface area contributed by atoms with Crippen LogP contribution in [0.25, 0.3) is 22.2 Å². The van der Waals surface area contributed by atoms with Gasteiger partial charge in [-0.25, -0.2) is 9.37 Å². The Labute approximate surface area is 230 Å². The molecule has 8 heteroatoms. The van der Waals surface area contributed by atoms with Gasteiger partial charge in [-0.1, -0.05) is 36.4 Å². The van der Waals surface area contributed by atoms with Crippen molar-refractivity contribution >= 4 is 22.6 Å². The fraction of sp³-hybridized carbons (Fsp3) is 0.188. The molecule has 0 radical (unpaired) electrons. The van der Waals surface area contributed by atoms with Crippen LogP contribution in [-0.2, 0) is 6.54 Å². The van der Waals surface area contributed by atoms with Crippen LogP contribution < -0.4 is 10.2 Å². The van der Waals surface area contributed by atoms with Crippen molar-refractivity contribution in [3.8, 4) is 16.9 Å². The van der Waals surface area contributed by atoms with Crippen LogP contribution in [0, 0.1) is 5.82 Å². The number of nitrogens with one attached hydrogen (secondary N) is 2. The molecule has 1 atom stereocenters. The van der Waals surface area contributed by atoms with Crippen molar-refractivity contribution in [3.63, 3.8) is 0 Å². The van der Waals surface area contributed by atoms with Gasteiger partial charge < -0.3 is 25.2 Å². The van der Waals surface area contributed by atoms with Crippen molar-refractivity contribution in [2.75, 3.05) is 31.1 Å². The van der Waals surface area contributed by atoms with Gasteiger partial charge in [0.25, 0.3) is 5.91 Å². The summed E-state index contributed by atoms with van der Waals surface area (Å²) in [6, 6.07) is 24.9. The average molecular weight is 534 g/mol. The average Bonchev–Trinajstić information content (AvgIpc) is 3.56. The van der Waals surface area contributed by atoms with Crippen LogP contribution >= 0.6 is 0 Å². The number of phenols is 1. The molecule has 0 aliphatic carbocycles. The number of aromatic hydroxyl groups is 1. The summed E-state index contributed by atoms with van der Waals surface area (Å²) in [5, 5.41) is 14.1. The zero-order valence-electron chi connectivity index (χ0n) is 21.8. The van der Waals surface area contributed by atoms with Crippen LogP contribution in [-0.4, -0.2) is 52.1 Å². The standard InChI is InChI=1S/C32H28FN5O2/c33-23-9-12-29(39)26(18-23)30(31-35-27-3-1-2-4-28(27)36-31)38-19-22-6-5-21(17-25(22)32(38)40)20-7-10-24(11-8-20)37-15-13-34-14-16-37/h1-12,17-18,30,34,39H,13-16,19H2,(H,35,36). The molecule has 1 amide bonds. The van der Waals surface area contributed by atoms with Gasteiger partial charge in [-0.15, -0.1) is 0 Å². The maximum atomic E-state index is 14.4. The number of carbonyl (C=O) groups excluding carboxylic acids is 1. The van der Waals surface area contributed by atoms with Gasteiger partial charge in [-0.2, -0.15) is 0 Å². The van der Waals surface area contributed by atoms with E-state index in [9.17, 15) is 14.3 Å². The van der Waals surface area contributed by atoms with Gasteiger partial charge in [0, 0.05) is 49.5 Å². The molecule has 7 nitrogen and oxygen atoms in total. The summed E-state index contributed by atoms with van der Waals surface area (Å²) in [4.78, 5) is 26.0. The second kappa shape index (κ2) is 9.81. The molecule has 2 aliphatic heterocycles. The van der Waals surface area contributed by atoms with E-state index in [4.69, 9.17) is 4.98 Å². The largest absolute Gasteiger partial charge is 0.508 e. The van der Waals surface area contributed by atoms with E-state index in [-0.39, 0.29) is 17.2 Å². The molecule has 1 unspecified atom stereocenters. The zero-order valence-corrected chi connectivity index (χ0v) is 21.8. The SMILES string of the molecule is O=C1c2cc(-c3ccc(N4CCNCC4)cc3)ccc2CN1C(c1nc2ccccc2[nH]1)c1cc(F)ccc1O. The quantitative estimate of drug-likeness (QED) is 0.288. The van der Waals surface area contributed by atoms with E-state index in [1.54, 1.807) is 4.90 Å². The number of anilines is 1. The minimum atomic E-state index is -0.801. The summed E-state index contributed by atoms with van der Waals surface area (Å²) >= 11 is 0. The predicted octanol–water partition coefficient (Wildman–Crippen LogP) is 5.23. The van der Waals surface area contributed by atoms with Crippen molar-refractivity contribution in [2.45, 2.75) is 12.6 Å². The van der Waals surface area contributed by atoms with Gasteiger partial charge in [0.2, 0.25) is 0 Å². The highest BCUT2D eigenvalue weighted by Gasteiger charge is 2.37. The summed E-state index contributed by atoms with van der Waals surface area (Å²) < 4.78 is 14.4. The van der Waals surface area contributed by atoms with Crippen LogP contribution in [0.15, 0.2) is 84.9 Å². The monoisotopic (exact) mass is 533 g/mol. The molecule has 0 bridgehead atoms. The van der Waals surface area contributed by atoms with E-state index in [0.29, 0.717) is 17.9 Å². The third-order valence-corrected chi connectivity index (χ3v) is 7.89. The summed E-state index contributed by atoms with van der Waals surface area (Å²) in [6.45, 7) is 4.24. The highest BCUT2D eigenvalue weighted by Crippen LogP contribution is 2.40. The fourth-order valence-corrected chi connectivity index (χ4v) is 5.81. The van der Waals surface area contributed by atoms with Gasteiger partial charge in [-0.3, -0.25) is 4.79 Å². The molecule has 1 saturated heterocycles. The third-order valence-electron chi connectivity index (χ3n) is 7.89. The Morgan fingerprint density at radius 2 is 1.68 bits per heavy atom. The number of halogens is 1. The molecule has 0 saturated carbocycles. The number of rotatable bonds is 5. The second-order valence-electron chi connectivity index (χ2n) is 10.3. The van der Waals surface area contributed by atoms with Crippen LogP contribution in [0.2, 0.25) is 0 Å². The molecule has 4 aromatic carbocycles. The lowest BCUT2D eigenvalue weighted by atomic mass is 10.00. The maximum Gasteiger partial charge on any atom is 0.255 e. The van der Waals surface area contributed by atoms with Gasteiger partial charge in [0.05, 0.1) is 11.0 Å². The van der Waals surface area contributed by atoms with Crippen LogP contribution in [0.3, 0.4) is 0 Å². The lowest BCUT2D eigenvalue weighted by molar-refractivity contribution is 0.0723. The third kappa shape index (κ3) is 4.26. The van der Waals surface area contributed by atoms with E-state index in [2.05, 4.69) is 39.5 Å². The number of aromatic nitrogens is 2. The molecule has 0 spiro atoms. The molecule has 3 N–H and O–H groups in total. The number of hydrogen-bond acceptors (Lipinski definition) is 5. The molecule has 1 fully saturated rings. The summed E-state index contributed by atoms with van der Waals surface area (Å²) in [5.74, 6) is -0.319. The topological polar surface area (TPSA) is 84.5 Å². The van der Waals surface area contributed by atoms with Gasteiger partial charge in [0.15, 0.2) is 0 Å². The number of H-pyrrole nitrogens is 1. The molecule has 1 aromatic heterocycles. The number of hydrogen-bond donors (Lipinski definition) is 3. The Morgan fingerprint density at radius 1 is 0.900 bits per heavy atom. The smallest absolute Gasteiger partial charge is 0.255 e. The Hall–Kier alpha value is -4.69. The maximum absolute atomic E-state index is 14.4. The van der Waals surface area contributed by atoms with Crippen molar-refractivity contribution < 1.29 is 14.3 Å². The minimum absolute atomic E-state index is 0.0964. The molecular formula is C32H28FN5O2. The Bertz CT molecular complexity index is 1690. The molecule has 3 heterocycles. The first kappa shape index (κ1) is 24.4. The minimum Gasteiger partial charge on any atom is -0.508 e. The molecule has 2 aliphatic rings. The summed E-state index contributed by atoms with van der Waals surface area (Å²) in [6.07, 6.45) is 0. The van der Waals surface area contributed by atoms with Crippen molar-refractivity contribution in [1.82, 2.24) is 20.2 Å². The van der Waals surface area contributed by atoms with Crippen molar-refractivity contribution in [3.05, 3.63) is 113 Å². The second-order valence-corrected chi connectivity index (χ2v) is 10.3. The van der Waals surface area contributed by atoms with Gasteiger partial charge in [0.1, 0.15) is 23.4 Å². The van der Waals surface area contributed by atoms with Gasteiger partial charge in [-0.05, 0) is 65.2 Å². The normalized spacial score (nSPS) is 16.0. The van der Waals surface area contributed by atoms with Crippen LogP contribution in [0.5, 0.6) is 5.75 Å². The first-order chi connectivity index (χ1) is 19.5. The predicted molar refractivity (Wildman–Crippen MR) is 153 cm³/mol. The van der Waals surface area contributed by atoms with E-state index < -0.39 is 11.9 Å². The number of imidazole rings is 1. The molecular weight excluding hydrogens is 505 g/mol. The lowest BCUT2D eigenvalue weighted by Gasteiger charge is -2.29. The molecule has 5 aromatic rings. The number of aromatic amines is 1. The first-order valence-corrected chi connectivity index (χ1v) is 13.5. The number of phenolic OH excluding ortho intramolecular Hbond substituents is 1. The molecule has 40 heavy (non-hydrogen) atoms.